The van der Waals surface area contributed by atoms with E-state index in [4.69, 9.17) is 4.74 Å². The average molecular weight is 508 g/mol. The first-order valence-corrected chi connectivity index (χ1v) is 12.9. The van der Waals surface area contributed by atoms with Gasteiger partial charge in [0.15, 0.2) is 0 Å². The van der Waals surface area contributed by atoms with Gasteiger partial charge in [-0.25, -0.2) is 4.79 Å². The lowest BCUT2D eigenvalue weighted by Crippen LogP contribution is -2.52. The summed E-state index contributed by atoms with van der Waals surface area (Å²) in [4.78, 5) is 41.4. The van der Waals surface area contributed by atoms with E-state index in [1.54, 1.807) is 38.7 Å². The van der Waals surface area contributed by atoms with Crippen LogP contribution in [0.4, 0.5) is 4.79 Å². The Bertz CT molecular complexity index is 1050. The highest BCUT2D eigenvalue weighted by molar-refractivity contribution is 5.92. The maximum absolute atomic E-state index is 13.7. The molecule has 0 saturated heterocycles. The molecular weight excluding hydrogens is 466 g/mol. The molecule has 0 heterocycles. The van der Waals surface area contributed by atoms with Gasteiger partial charge in [0.05, 0.1) is 0 Å². The molecule has 0 bridgehead atoms. The summed E-state index contributed by atoms with van der Waals surface area (Å²) in [6, 6.07) is 15.3. The van der Waals surface area contributed by atoms with Gasteiger partial charge in [-0.15, -0.1) is 0 Å². The number of benzene rings is 2. The topological polar surface area (TPSA) is 87.7 Å². The van der Waals surface area contributed by atoms with Gasteiger partial charge in [-0.1, -0.05) is 81.0 Å². The number of nitrogens with zero attached hydrogens (tertiary/aromatic N) is 1. The summed E-state index contributed by atoms with van der Waals surface area (Å²) in [7, 11) is 0. The molecule has 0 radical (unpaired) electrons. The first kappa shape index (κ1) is 29.6. The first-order chi connectivity index (χ1) is 17.6. The van der Waals surface area contributed by atoms with Gasteiger partial charge in [-0.2, -0.15) is 0 Å². The Labute approximate surface area is 221 Å². The standard InChI is InChI=1S/C30H41N3O4/c1-7-9-13-19-33(28(35)22(3)32-29(36)37-30(4,5)6)26(25-18-14-17-23(8-2)20-25)27(34)31-21-24-15-11-10-12-16-24/h8,10-12,14-18,20,22,26H,2,7,9,13,19,21H2,1,3-6H3,(H,31,34)(H,32,36). The predicted octanol–water partition coefficient (Wildman–Crippen LogP) is 5.62. The van der Waals surface area contributed by atoms with E-state index < -0.39 is 23.8 Å². The molecule has 37 heavy (non-hydrogen) atoms. The van der Waals surface area contributed by atoms with Gasteiger partial charge in [0.25, 0.3) is 0 Å². The number of hydrogen-bond donors (Lipinski definition) is 2. The number of unbranched alkanes of at least 4 members (excludes halogenated alkanes) is 2. The van der Waals surface area contributed by atoms with Crippen molar-refractivity contribution in [1.82, 2.24) is 15.5 Å². The van der Waals surface area contributed by atoms with Crippen LogP contribution < -0.4 is 10.6 Å². The Morgan fingerprint density at radius 3 is 2.38 bits per heavy atom. The van der Waals surface area contributed by atoms with Crippen molar-refractivity contribution in [1.29, 1.82) is 0 Å². The summed E-state index contributed by atoms with van der Waals surface area (Å²) in [6.45, 7) is 13.5. The number of hydrogen-bond acceptors (Lipinski definition) is 4. The van der Waals surface area contributed by atoms with Gasteiger partial charge in [0.1, 0.15) is 17.7 Å². The maximum Gasteiger partial charge on any atom is 0.408 e. The SMILES string of the molecule is C=Cc1cccc(C(C(=O)NCc2ccccc2)N(CCCCC)C(=O)C(C)NC(=O)OC(C)(C)C)c1. The molecule has 2 aromatic rings. The number of nitrogens with one attached hydrogen (secondary N) is 2. The summed E-state index contributed by atoms with van der Waals surface area (Å²) in [6.07, 6.45) is 3.62. The molecule has 7 nitrogen and oxygen atoms in total. The second-order valence-electron chi connectivity index (χ2n) is 10.1. The van der Waals surface area contributed by atoms with Crippen LogP contribution in [0.25, 0.3) is 6.08 Å². The lowest BCUT2D eigenvalue weighted by atomic mass is 10.00. The van der Waals surface area contributed by atoms with Crippen LogP contribution in [0.1, 0.15) is 76.6 Å². The lowest BCUT2D eigenvalue weighted by molar-refractivity contribution is -0.142. The molecule has 7 heteroatoms. The Hall–Kier alpha value is -3.61. The van der Waals surface area contributed by atoms with Crippen LogP contribution in [0, 0.1) is 0 Å². The van der Waals surface area contributed by atoms with Crippen LogP contribution >= 0.6 is 0 Å². The molecule has 0 saturated carbocycles. The summed E-state index contributed by atoms with van der Waals surface area (Å²) in [5.41, 5.74) is 1.79. The Balaban J connectivity index is 2.39. The normalized spacial score (nSPS) is 12.7. The van der Waals surface area contributed by atoms with Crippen molar-refractivity contribution in [3.8, 4) is 0 Å². The van der Waals surface area contributed by atoms with E-state index >= 15 is 0 Å². The Morgan fingerprint density at radius 1 is 1.05 bits per heavy atom. The fraction of sp³-hybridized carbons (Fsp3) is 0.433. The number of carbonyl (C=O) groups is 3. The minimum absolute atomic E-state index is 0.292. The second-order valence-corrected chi connectivity index (χ2v) is 10.1. The number of carbonyl (C=O) groups excluding carboxylic acids is 3. The van der Waals surface area contributed by atoms with Crippen LogP contribution in [0.5, 0.6) is 0 Å². The molecule has 200 valence electrons. The summed E-state index contributed by atoms with van der Waals surface area (Å²) in [5.74, 6) is -0.648. The lowest BCUT2D eigenvalue weighted by Gasteiger charge is -2.34. The molecule has 2 N–H and O–H groups in total. The highest BCUT2D eigenvalue weighted by Gasteiger charge is 2.34. The van der Waals surface area contributed by atoms with Gasteiger partial charge in [0, 0.05) is 13.1 Å². The summed E-state index contributed by atoms with van der Waals surface area (Å²) < 4.78 is 5.34. The second kappa shape index (κ2) is 14.2. The quantitative estimate of drug-likeness (QED) is 0.365. The third kappa shape index (κ3) is 9.75. The van der Waals surface area contributed by atoms with Gasteiger partial charge in [-0.05, 0) is 56.9 Å². The van der Waals surface area contributed by atoms with Crippen LogP contribution in [-0.4, -0.2) is 41.0 Å². The van der Waals surface area contributed by atoms with Gasteiger partial charge in [-0.3, -0.25) is 9.59 Å². The van der Waals surface area contributed by atoms with Gasteiger partial charge in [0.2, 0.25) is 11.8 Å². The maximum atomic E-state index is 13.7. The van der Waals surface area contributed by atoms with E-state index in [1.165, 1.54) is 0 Å². The van der Waals surface area contributed by atoms with Crippen LogP contribution in [0.2, 0.25) is 0 Å². The molecule has 0 aromatic heterocycles. The van der Waals surface area contributed by atoms with Crippen LogP contribution in [0.15, 0.2) is 61.2 Å². The molecular formula is C30H41N3O4. The van der Waals surface area contributed by atoms with E-state index in [1.807, 2.05) is 54.6 Å². The third-order valence-electron chi connectivity index (χ3n) is 5.72. The molecule has 0 spiro atoms. The number of rotatable bonds is 12. The zero-order valence-corrected chi connectivity index (χ0v) is 22.8. The molecule has 0 fully saturated rings. The van der Waals surface area contributed by atoms with E-state index in [-0.39, 0.29) is 11.8 Å². The highest BCUT2D eigenvalue weighted by atomic mass is 16.6. The van der Waals surface area contributed by atoms with Crippen molar-refractivity contribution in [2.24, 2.45) is 0 Å². The molecule has 2 atom stereocenters. The Morgan fingerprint density at radius 2 is 1.76 bits per heavy atom. The van der Waals surface area contributed by atoms with Crippen LogP contribution in [0.3, 0.4) is 0 Å². The molecule has 0 aliphatic rings. The summed E-state index contributed by atoms with van der Waals surface area (Å²) in [5, 5.41) is 5.63. The van der Waals surface area contributed by atoms with Gasteiger partial charge >= 0.3 is 6.09 Å². The van der Waals surface area contributed by atoms with Crippen molar-refractivity contribution in [3.63, 3.8) is 0 Å². The monoisotopic (exact) mass is 507 g/mol. The number of alkyl carbamates (subject to hydrolysis) is 1. The molecule has 2 aromatic carbocycles. The average Bonchev–Trinajstić information content (AvgIpc) is 2.86. The van der Waals surface area contributed by atoms with Crippen molar-refractivity contribution < 1.29 is 19.1 Å². The fourth-order valence-corrected chi connectivity index (χ4v) is 3.90. The fourth-order valence-electron chi connectivity index (χ4n) is 3.90. The molecule has 2 unspecified atom stereocenters. The van der Waals surface area contributed by atoms with E-state index in [0.29, 0.717) is 18.7 Å². The first-order valence-electron chi connectivity index (χ1n) is 12.9. The molecule has 2 rings (SSSR count). The largest absolute Gasteiger partial charge is 0.444 e. The Kier molecular flexibility index (Phi) is 11.4. The van der Waals surface area contributed by atoms with E-state index in [2.05, 4.69) is 24.1 Å². The van der Waals surface area contributed by atoms with Crippen molar-refractivity contribution >= 4 is 24.0 Å². The zero-order chi connectivity index (χ0) is 27.4. The van der Waals surface area contributed by atoms with Crippen LogP contribution in [-0.2, 0) is 20.9 Å². The number of amides is 3. The highest BCUT2D eigenvalue weighted by Crippen LogP contribution is 2.25. The van der Waals surface area contributed by atoms with E-state index in [0.717, 1.165) is 30.4 Å². The molecule has 3 amide bonds. The smallest absolute Gasteiger partial charge is 0.408 e. The summed E-state index contributed by atoms with van der Waals surface area (Å²) >= 11 is 0. The van der Waals surface area contributed by atoms with E-state index in [9.17, 15) is 14.4 Å². The van der Waals surface area contributed by atoms with Gasteiger partial charge < -0.3 is 20.3 Å². The van der Waals surface area contributed by atoms with Crippen molar-refractivity contribution in [2.75, 3.05) is 6.54 Å². The third-order valence-corrected chi connectivity index (χ3v) is 5.72. The molecule has 0 aliphatic heterocycles. The minimum Gasteiger partial charge on any atom is -0.444 e. The number of ether oxygens (including phenoxy) is 1. The minimum atomic E-state index is -0.886. The van der Waals surface area contributed by atoms with Crippen molar-refractivity contribution in [2.45, 2.75) is 78.1 Å². The predicted molar refractivity (Wildman–Crippen MR) is 148 cm³/mol. The molecule has 0 aliphatic carbocycles. The van der Waals surface area contributed by atoms with Crippen molar-refractivity contribution in [3.05, 3.63) is 77.9 Å². The zero-order valence-electron chi connectivity index (χ0n) is 22.8.